The van der Waals surface area contributed by atoms with Crippen LogP contribution in [-0.4, -0.2) is 28.8 Å². The van der Waals surface area contributed by atoms with Crippen molar-refractivity contribution in [3.8, 4) is 0 Å². The monoisotopic (exact) mass is 252 g/mol. The lowest BCUT2D eigenvalue weighted by Crippen LogP contribution is -2.15. The number of carbonyl (C=O) groups is 1. The normalized spacial score (nSPS) is 13.2. The minimum absolute atomic E-state index is 0.0679. The number of hydrogen-bond donors (Lipinski definition) is 1. The summed E-state index contributed by atoms with van der Waals surface area (Å²) in [6.45, 7) is 1.00. The first-order valence-electron chi connectivity index (χ1n) is 4.94. The van der Waals surface area contributed by atoms with E-state index >= 15 is 0 Å². The van der Waals surface area contributed by atoms with Crippen LogP contribution >= 0.6 is 0 Å². The molecular formula is C9H8N4O5. The van der Waals surface area contributed by atoms with E-state index in [1.54, 1.807) is 0 Å². The highest BCUT2D eigenvalue weighted by molar-refractivity contribution is 6.02. The fraction of sp³-hybridized carbons (Fsp3) is 0.222. The zero-order valence-electron chi connectivity index (χ0n) is 9.03. The Balaban J connectivity index is 2.76. The largest absolute Gasteiger partial charge is 0.369 e. The van der Waals surface area contributed by atoms with Gasteiger partial charge in [0.25, 0.3) is 5.91 Å². The van der Waals surface area contributed by atoms with E-state index in [0.717, 1.165) is 12.1 Å². The summed E-state index contributed by atoms with van der Waals surface area (Å²) in [4.78, 5) is 32.7. The molecule has 0 radical (unpaired) electrons. The van der Waals surface area contributed by atoms with Crippen LogP contribution < -0.4 is 10.6 Å². The standard InChI is InChI=1S/C9H8N4O5/c10-9(14)5-1-2-6(12(15)16)8(13(17)18)7(5)11-3-4-11/h1-2H,3-4H2,(H2,10,14). The summed E-state index contributed by atoms with van der Waals surface area (Å²) in [7, 11) is 0. The van der Waals surface area contributed by atoms with E-state index in [1.807, 2.05) is 0 Å². The van der Waals surface area contributed by atoms with Crippen LogP contribution in [0.15, 0.2) is 12.1 Å². The molecule has 0 aromatic heterocycles. The Kier molecular flexibility index (Phi) is 2.58. The molecule has 0 unspecified atom stereocenters. The first-order chi connectivity index (χ1) is 8.43. The quantitative estimate of drug-likeness (QED) is 0.469. The van der Waals surface area contributed by atoms with Crippen LogP contribution in [-0.2, 0) is 0 Å². The number of primary amides is 1. The minimum Gasteiger partial charge on any atom is -0.366 e. The van der Waals surface area contributed by atoms with Crippen molar-refractivity contribution in [2.75, 3.05) is 18.0 Å². The van der Waals surface area contributed by atoms with Crippen molar-refractivity contribution in [3.63, 3.8) is 0 Å². The molecule has 0 atom stereocenters. The second-order valence-electron chi connectivity index (χ2n) is 3.69. The fourth-order valence-electron chi connectivity index (χ4n) is 1.69. The van der Waals surface area contributed by atoms with Gasteiger partial charge in [-0.15, -0.1) is 0 Å². The summed E-state index contributed by atoms with van der Waals surface area (Å²) in [5.74, 6) is -0.852. The third-order valence-electron chi connectivity index (χ3n) is 2.54. The van der Waals surface area contributed by atoms with Crippen molar-refractivity contribution >= 4 is 23.0 Å². The van der Waals surface area contributed by atoms with E-state index in [2.05, 4.69) is 0 Å². The van der Waals surface area contributed by atoms with Crippen LogP contribution in [0.4, 0.5) is 17.1 Å². The molecule has 2 rings (SSSR count). The van der Waals surface area contributed by atoms with Gasteiger partial charge in [0.05, 0.1) is 15.4 Å². The van der Waals surface area contributed by atoms with Crippen molar-refractivity contribution < 1.29 is 14.6 Å². The first kappa shape index (κ1) is 11.8. The average Bonchev–Trinajstić information content (AvgIpc) is 3.10. The van der Waals surface area contributed by atoms with Gasteiger partial charge < -0.3 is 10.6 Å². The second-order valence-corrected chi connectivity index (χ2v) is 3.69. The average molecular weight is 252 g/mol. The van der Waals surface area contributed by atoms with Gasteiger partial charge in [-0.1, -0.05) is 0 Å². The fourth-order valence-corrected chi connectivity index (χ4v) is 1.69. The first-order valence-corrected chi connectivity index (χ1v) is 4.94. The van der Waals surface area contributed by atoms with Gasteiger partial charge in [-0.05, 0) is 6.07 Å². The molecule has 1 heterocycles. The molecule has 2 N–H and O–H groups in total. The van der Waals surface area contributed by atoms with Gasteiger partial charge in [0, 0.05) is 19.2 Å². The molecule has 1 aromatic rings. The summed E-state index contributed by atoms with van der Waals surface area (Å²) in [5.41, 5.74) is 3.64. The number of carbonyl (C=O) groups excluding carboxylic acids is 1. The van der Waals surface area contributed by atoms with Crippen molar-refractivity contribution in [1.29, 1.82) is 0 Å². The van der Waals surface area contributed by atoms with Crippen molar-refractivity contribution in [2.24, 2.45) is 5.73 Å². The molecule has 0 saturated carbocycles. The molecule has 9 nitrogen and oxygen atoms in total. The van der Waals surface area contributed by atoms with E-state index in [0.29, 0.717) is 13.1 Å². The lowest BCUT2D eigenvalue weighted by Gasteiger charge is -2.08. The van der Waals surface area contributed by atoms with Crippen molar-refractivity contribution in [1.82, 2.24) is 0 Å². The van der Waals surface area contributed by atoms with E-state index in [1.165, 1.54) is 4.90 Å². The van der Waals surface area contributed by atoms with Crippen LogP contribution in [0.2, 0.25) is 0 Å². The number of nitrogens with zero attached hydrogens (tertiary/aromatic N) is 3. The van der Waals surface area contributed by atoms with Crippen molar-refractivity contribution in [3.05, 3.63) is 37.9 Å². The number of hydrogen-bond acceptors (Lipinski definition) is 6. The highest BCUT2D eigenvalue weighted by Crippen LogP contribution is 2.41. The Morgan fingerprint density at radius 2 is 1.83 bits per heavy atom. The Labute approximate surface area is 100 Å². The summed E-state index contributed by atoms with van der Waals surface area (Å²) in [6, 6.07) is 2.06. The number of anilines is 1. The van der Waals surface area contributed by atoms with Crippen LogP contribution in [0.25, 0.3) is 0 Å². The lowest BCUT2D eigenvalue weighted by atomic mass is 10.1. The predicted molar refractivity (Wildman–Crippen MR) is 60.5 cm³/mol. The van der Waals surface area contributed by atoms with E-state index in [4.69, 9.17) is 5.73 Å². The zero-order chi connectivity index (χ0) is 13.4. The number of benzene rings is 1. The molecule has 0 bridgehead atoms. The molecule has 0 spiro atoms. The molecular weight excluding hydrogens is 244 g/mol. The predicted octanol–water partition coefficient (Wildman–Crippen LogP) is 0.422. The van der Waals surface area contributed by atoms with Gasteiger partial charge in [0.15, 0.2) is 0 Å². The number of nitrogens with two attached hydrogens (primary N) is 1. The van der Waals surface area contributed by atoms with Gasteiger partial charge in [-0.2, -0.15) is 0 Å². The highest BCUT2D eigenvalue weighted by Gasteiger charge is 2.38. The molecule has 18 heavy (non-hydrogen) atoms. The molecule has 9 heteroatoms. The van der Waals surface area contributed by atoms with Crippen LogP contribution in [0.1, 0.15) is 10.4 Å². The van der Waals surface area contributed by atoms with E-state index in [-0.39, 0.29) is 11.3 Å². The number of nitro benzene ring substituents is 2. The molecule has 1 fully saturated rings. The van der Waals surface area contributed by atoms with Crippen LogP contribution in [0.3, 0.4) is 0 Å². The van der Waals surface area contributed by atoms with Crippen LogP contribution in [0.5, 0.6) is 0 Å². The Morgan fingerprint density at radius 1 is 1.22 bits per heavy atom. The molecule has 1 amide bonds. The third-order valence-corrected chi connectivity index (χ3v) is 2.54. The van der Waals surface area contributed by atoms with Gasteiger partial charge in [0.2, 0.25) is 0 Å². The molecule has 1 aromatic carbocycles. The molecule has 1 saturated heterocycles. The zero-order valence-corrected chi connectivity index (χ0v) is 9.03. The summed E-state index contributed by atoms with van der Waals surface area (Å²) in [6.07, 6.45) is 0. The lowest BCUT2D eigenvalue weighted by molar-refractivity contribution is -0.421. The van der Waals surface area contributed by atoms with Gasteiger partial charge >= 0.3 is 11.4 Å². The second kappa shape index (κ2) is 3.95. The summed E-state index contributed by atoms with van der Waals surface area (Å²) >= 11 is 0. The molecule has 1 aliphatic heterocycles. The topological polar surface area (TPSA) is 132 Å². The smallest absolute Gasteiger partial charge is 0.366 e. The maximum absolute atomic E-state index is 11.2. The third kappa shape index (κ3) is 1.81. The number of rotatable bonds is 4. The molecule has 94 valence electrons. The SMILES string of the molecule is NC(=O)c1ccc([N+](=O)[O-])c([N+](=O)[O-])c1N1CC1. The number of amides is 1. The Morgan fingerprint density at radius 3 is 2.22 bits per heavy atom. The van der Waals surface area contributed by atoms with Gasteiger partial charge in [-0.3, -0.25) is 25.0 Å². The van der Waals surface area contributed by atoms with Crippen molar-refractivity contribution in [2.45, 2.75) is 0 Å². The molecule has 0 aliphatic carbocycles. The maximum atomic E-state index is 11.2. The van der Waals surface area contributed by atoms with E-state index < -0.39 is 27.1 Å². The van der Waals surface area contributed by atoms with Gasteiger partial charge in [0.1, 0.15) is 5.69 Å². The van der Waals surface area contributed by atoms with Gasteiger partial charge in [-0.25, -0.2) is 0 Å². The Hall–Kier alpha value is -2.71. The summed E-state index contributed by atoms with van der Waals surface area (Å²) < 4.78 is 0. The van der Waals surface area contributed by atoms with Crippen LogP contribution in [0, 0.1) is 20.2 Å². The Bertz CT molecular complexity index is 566. The summed E-state index contributed by atoms with van der Waals surface area (Å²) in [5, 5.41) is 21.7. The minimum atomic E-state index is -0.863. The molecule has 1 aliphatic rings. The highest BCUT2D eigenvalue weighted by atomic mass is 16.6. The maximum Gasteiger partial charge on any atom is 0.369 e. The number of nitro groups is 2. The van der Waals surface area contributed by atoms with E-state index in [9.17, 15) is 25.0 Å².